The van der Waals surface area contributed by atoms with Crippen LogP contribution in [0.15, 0.2) is 30.3 Å². The zero-order valence-corrected chi connectivity index (χ0v) is 16.8. The molecule has 0 spiro atoms. The maximum Gasteiger partial charge on any atom is 0.275 e. The predicted molar refractivity (Wildman–Crippen MR) is 108 cm³/mol. The summed E-state index contributed by atoms with van der Waals surface area (Å²) in [5, 5.41) is 7.52. The number of para-hydroxylation sites is 1. The Morgan fingerprint density at radius 3 is 2.59 bits per heavy atom. The van der Waals surface area contributed by atoms with E-state index in [1.54, 1.807) is 0 Å². The van der Waals surface area contributed by atoms with Crippen LogP contribution in [0.25, 0.3) is 0 Å². The van der Waals surface area contributed by atoms with Crippen molar-refractivity contribution >= 4 is 11.6 Å². The van der Waals surface area contributed by atoms with Crippen LogP contribution in [0.3, 0.4) is 0 Å². The van der Waals surface area contributed by atoms with E-state index < -0.39 is 0 Å². The average Bonchev–Trinajstić information content (AvgIpc) is 2.97. The summed E-state index contributed by atoms with van der Waals surface area (Å²) in [7, 11) is 0. The second-order valence-corrected chi connectivity index (χ2v) is 7.55. The second kappa shape index (κ2) is 9.04. The highest BCUT2D eigenvalue weighted by Gasteiger charge is 2.22. The highest BCUT2D eigenvalue weighted by Crippen LogP contribution is 2.18. The number of nitrogens with zero attached hydrogens (tertiary/aromatic N) is 3. The van der Waals surface area contributed by atoms with E-state index in [4.69, 9.17) is 0 Å². The smallest absolute Gasteiger partial charge is 0.275 e. The number of aromatic nitrogens is 2. The molecule has 1 aliphatic heterocycles. The molecule has 1 aromatic heterocycles. The number of aryl methyl sites for hydroxylation is 4. The fourth-order valence-corrected chi connectivity index (χ4v) is 3.81. The van der Waals surface area contributed by atoms with E-state index in [1.807, 2.05) is 11.6 Å². The van der Waals surface area contributed by atoms with E-state index in [1.165, 1.54) is 21.8 Å². The fourth-order valence-electron chi connectivity index (χ4n) is 3.81. The van der Waals surface area contributed by atoms with Crippen molar-refractivity contribution in [1.82, 2.24) is 15.1 Å². The summed E-state index contributed by atoms with van der Waals surface area (Å²) < 4.78 is 2.01. The van der Waals surface area contributed by atoms with E-state index in [-0.39, 0.29) is 5.91 Å². The topological polar surface area (TPSA) is 54.6 Å². The maximum absolute atomic E-state index is 12.2. The predicted octanol–water partition coefficient (Wildman–Crippen LogP) is 0.720. The van der Waals surface area contributed by atoms with Crippen molar-refractivity contribution in [2.75, 3.05) is 44.2 Å². The molecule has 0 aliphatic carbocycles. The molecule has 0 saturated carbocycles. The van der Waals surface area contributed by atoms with Crippen molar-refractivity contribution in [1.29, 1.82) is 0 Å². The summed E-state index contributed by atoms with van der Waals surface area (Å²) in [6.45, 7) is 12.4. The Labute approximate surface area is 162 Å². The van der Waals surface area contributed by atoms with Crippen molar-refractivity contribution < 1.29 is 9.69 Å². The quantitative estimate of drug-likeness (QED) is 0.706. The highest BCUT2D eigenvalue weighted by atomic mass is 16.2. The van der Waals surface area contributed by atoms with Crippen molar-refractivity contribution in [3.8, 4) is 0 Å². The van der Waals surface area contributed by atoms with Crippen LogP contribution >= 0.6 is 0 Å². The average molecular weight is 371 g/mol. The van der Waals surface area contributed by atoms with Gasteiger partial charge in [0.1, 0.15) is 0 Å². The number of hydrogen-bond donors (Lipinski definition) is 2. The highest BCUT2D eigenvalue weighted by molar-refractivity contribution is 5.76. The van der Waals surface area contributed by atoms with Gasteiger partial charge in [-0.25, -0.2) is 0 Å². The molecule has 2 N–H and O–H groups in total. The number of rotatable bonds is 7. The van der Waals surface area contributed by atoms with Gasteiger partial charge in [0.15, 0.2) is 6.54 Å². The summed E-state index contributed by atoms with van der Waals surface area (Å²) in [6.07, 6.45) is 0.907. The van der Waals surface area contributed by atoms with Crippen LogP contribution in [-0.2, 0) is 11.3 Å². The molecule has 1 saturated heterocycles. The molecule has 0 bridgehead atoms. The van der Waals surface area contributed by atoms with E-state index in [0.717, 1.165) is 44.8 Å². The molecule has 0 unspecified atom stereocenters. The number of amides is 1. The Balaban J connectivity index is 1.35. The van der Waals surface area contributed by atoms with Gasteiger partial charge in [-0.05, 0) is 44.9 Å². The molecule has 146 valence electrons. The molecule has 6 nitrogen and oxygen atoms in total. The van der Waals surface area contributed by atoms with Gasteiger partial charge in [0, 0.05) is 24.5 Å². The molecule has 6 heteroatoms. The maximum atomic E-state index is 12.2. The lowest BCUT2D eigenvalue weighted by molar-refractivity contribution is -0.892. The molecule has 1 fully saturated rings. The summed E-state index contributed by atoms with van der Waals surface area (Å²) in [5.74, 6) is 0.155. The lowest BCUT2D eigenvalue weighted by atomic mass is 10.1. The molecular weight excluding hydrogens is 338 g/mol. The van der Waals surface area contributed by atoms with Crippen molar-refractivity contribution in [3.05, 3.63) is 47.3 Å². The van der Waals surface area contributed by atoms with Gasteiger partial charge in [-0.15, -0.1) is 0 Å². The Morgan fingerprint density at radius 2 is 1.93 bits per heavy atom. The van der Waals surface area contributed by atoms with Gasteiger partial charge in [0.25, 0.3) is 5.91 Å². The van der Waals surface area contributed by atoms with Crippen molar-refractivity contribution in [2.24, 2.45) is 0 Å². The Morgan fingerprint density at radius 1 is 1.19 bits per heavy atom. The van der Waals surface area contributed by atoms with Gasteiger partial charge >= 0.3 is 0 Å². The summed E-state index contributed by atoms with van der Waals surface area (Å²) in [5.41, 5.74) is 4.87. The fraction of sp³-hybridized carbons (Fsp3) is 0.524. The minimum atomic E-state index is 0.155. The van der Waals surface area contributed by atoms with Gasteiger partial charge in [0.05, 0.1) is 31.9 Å². The van der Waals surface area contributed by atoms with Crippen molar-refractivity contribution in [2.45, 2.75) is 33.7 Å². The third kappa shape index (κ3) is 5.32. The van der Waals surface area contributed by atoms with E-state index in [9.17, 15) is 4.79 Å². The number of nitrogens with one attached hydrogen (secondary N) is 2. The van der Waals surface area contributed by atoms with Crippen LogP contribution < -0.4 is 15.1 Å². The molecule has 1 amide bonds. The van der Waals surface area contributed by atoms with Gasteiger partial charge < -0.3 is 15.1 Å². The van der Waals surface area contributed by atoms with Crippen LogP contribution in [0, 0.1) is 20.8 Å². The molecule has 0 radical (unpaired) electrons. The number of benzene rings is 1. The van der Waals surface area contributed by atoms with E-state index in [0.29, 0.717) is 13.1 Å². The lowest BCUT2D eigenvalue weighted by Gasteiger charge is -2.34. The zero-order valence-electron chi connectivity index (χ0n) is 16.8. The van der Waals surface area contributed by atoms with Crippen LogP contribution in [-0.4, -0.2) is 55.0 Å². The summed E-state index contributed by atoms with van der Waals surface area (Å²) >= 11 is 0. The van der Waals surface area contributed by atoms with Crippen LogP contribution in [0.4, 0.5) is 5.69 Å². The van der Waals surface area contributed by atoms with Crippen molar-refractivity contribution in [3.63, 3.8) is 0 Å². The Hall–Kier alpha value is -2.34. The number of hydrogen-bond acceptors (Lipinski definition) is 3. The third-order valence-electron chi connectivity index (χ3n) is 5.31. The molecular formula is C21H32N5O+. The minimum Gasteiger partial charge on any atom is -0.360 e. The molecule has 2 heterocycles. The van der Waals surface area contributed by atoms with Gasteiger partial charge in [-0.3, -0.25) is 9.48 Å². The number of carbonyl (C=O) groups is 1. The molecule has 3 rings (SSSR count). The van der Waals surface area contributed by atoms with Gasteiger partial charge in [-0.2, -0.15) is 5.10 Å². The number of piperazine rings is 1. The molecule has 0 atom stereocenters. The van der Waals surface area contributed by atoms with Gasteiger partial charge in [0.2, 0.25) is 0 Å². The Bertz CT molecular complexity index is 762. The first-order valence-corrected chi connectivity index (χ1v) is 9.95. The van der Waals surface area contributed by atoms with Crippen LogP contribution in [0.1, 0.15) is 23.4 Å². The minimum absolute atomic E-state index is 0.155. The van der Waals surface area contributed by atoms with Gasteiger partial charge in [-0.1, -0.05) is 18.2 Å². The summed E-state index contributed by atoms with van der Waals surface area (Å²) in [4.78, 5) is 16.0. The lowest BCUT2D eigenvalue weighted by Crippen LogP contribution is -3.16. The van der Waals surface area contributed by atoms with E-state index in [2.05, 4.69) is 59.5 Å². The summed E-state index contributed by atoms with van der Waals surface area (Å²) in [6, 6.07) is 10.6. The Kier molecular flexibility index (Phi) is 6.50. The monoisotopic (exact) mass is 370 g/mol. The first kappa shape index (κ1) is 19.4. The van der Waals surface area contributed by atoms with Crippen LogP contribution in [0.5, 0.6) is 0 Å². The normalized spacial score (nSPS) is 15.1. The third-order valence-corrected chi connectivity index (χ3v) is 5.31. The number of quaternary nitrogens is 1. The SMILES string of the molecule is Cc1cc(C)n(CCCNC(=O)C[NH+]2CCN(c3ccccc3C)CC2)n1. The molecule has 1 aromatic carbocycles. The number of anilines is 1. The molecule has 2 aromatic rings. The van der Waals surface area contributed by atoms with Crippen LogP contribution in [0.2, 0.25) is 0 Å². The van der Waals surface area contributed by atoms with E-state index >= 15 is 0 Å². The largest absolute Gasteiger partial charge is 0.360 e. The standard InChI is InChI=1S/C21H31N5O/c1-17-7-4-5-8-20(17)25-13-11-24(12-14-25)16-21(27)22-9-6-10-26-19(3)15-18(2)23-26/h4-5,7-8,15H,6,9-14,16H2,1-3H3,(H,22,27)/p+1. The molecule has 1 aliphatic rings. The first-order chi connectivity index (χ1) is 13.0. The number of carbonyl (C=O) groups excluding carboxylic acids is 1. The zero-order chi connectivity index (χ0) is 19.2. The first-order valence-electron chi connectivity index (χ1n) is 9.95. The second-order valence-electron chi connectivity index (χ2n) is 7.55. The molecule has 27 heavy (non-hydrogen) atoms.